The van der Waals surface area contributed by atoms with E-state index in [1.54, 1.807) is 0 Å². The van der Waals surface area contributed by atoms with Gasteiger partial charge in [0.15, 0.2) is 0 Å². The van der Waals surface area contributed by atoms with Crippen LogP contribution in [0.1, 0.15) is 60.3 Å². The van der Waals surface area contributed by atoms with Crippen LogP contribution in [0.25, 0.3) is 0 Å². The van der Waals surface area contributed by atoms with E-state index in [-0.39, 0.29) is 11.0 Å². The lowest BCUT2D eigenvalue weighted by atomic mass is 9.87. The van der Waals surface area contributed by atoms with Crippen LogP contribution in [0.2, 0.25) is 0 Å². The molecule has 0 aliphatic carbocycles. The Bertz CT molecular complexity index is 201. The maximum absolute atomic E-state index is 11.6. The lowest BCUT2D eigenvalue weighted by molar-refractivity contribution is -0.126. The molecule has 0 rings (SSSR count). The first-order valence-corrected chi connectivity index (χ1v) is 5.91. The van der Waals surface area contributed by atoms with E-state index in [1.165, 1.54) is 0 Å². The lowest BCUT2D eigenvalue weighted by Crippen LogP contribution is -2.35. The second-order valence-corrected chi connectivity index (χ2v) is 6.01. The fraction of sp³-hybridized carbons (Fsp3) is 0.923. The quantitative estimate of drug-likeness (QED) is 0.687. The van der Waals surface area contributed by atoms with Gasteiger partial charge in [0.2, 0.25) is 0 Å². The Labute approximate surface area is 94.8 Å². The van der Waals surface area contributed by atoms with Crippen molar-refractivity contribution < 1.29 is 4.79 Å². The molecule has 0 aliphatic heterocycles. The van der Waals surface area contributed by atoms with Crippen LogP contribution in [-0.2, 0) is 4.79 Å². The van der Waals surface area contributed by atoms with Gasteiger partial charge in [0.25, 0.3) is 0 Å². The zero-order chi connectivity index (χ0) is 12.1. The molecule has 0 heterocycles. The smallest absolute Gasteiger partial charge is 0.138 e. The Morgan fingerprint density at radius 2 is 1.60 bits per heavy atom. The molecule has 0 saturated carbocycles. The zero-order valence-electron chi connectivity index (χ0n) is 11.2. The van der Waals surface area contributed by atoms with Crippen LogP contribution in [0.4, 0.5) is 0 Å². The minimum Gasteiger partial charge on any atom is -0.315 e. The summed E-state index contributed by atoms with van der Waals surface area (Å²) in [5.41, 5.74) is 0.0311. The van der Waals surface area contributed by atoms with Gasteiger partial charge in [-0.25, -0.2) is 0 Å². The minimum atomic E-state index is -0.168. The summed E-state index contributed by atoms with van der Waals surface area (Å²) in [7, 11) is 1.99. The topological polar surface area (TPSA) is 29.1 Å². The van der Waals surface area contributed by atoms with Crippen molar-refractivity contribution in [1.82, 2.24) is 5.32 Å². The summed E-state index contributed by atoms with van der Waals surface area (Å²) in [4.78, 5) is 11.6. The molecule has 15 heavy (non-hydrogen) atoms. The van der Waals surface area contributed by atoms with E-state index in [4.69, 9.17) is 0 Å². The van der Waals surface area contributed by atoms with Crippen LogP contribution in [-0.4, -0.2) is 18.4 Å². The van der Waals surface area contributed by atoms with Crippen molar-refractivity contribution in [3.63, 3.8) is 0 Å². The molecular formula is C13H27NO. The average Bonchev–Trinajstić information content (AvgIpc) is 2.10. The Hall–Kier alpha value is -0.370. The van der Waals surface area contributed by atoms with E-state index in [2.05, 4.69) is 19.2 Å². The van der Waals surface area contributed by atoms with Gasteiger partial charge in [-0.15, -0.1) is 0 Å². The first-order chi connectivity index (χ1) is 6.69. The minimum absolute atomic E-state index is 0.168. The van der Waals surface area contributed by atoms with Gasteiger partial charge in [0.1, 0.15) is 5.78 Å². The van der Waals surface area contributed by atoms with Crippen LogP contribution in [0.5, 0.6) is 0 Å². The highest BCUT2D eigenvalue weighted by Gasteiger charge is 2.20. The second kappa shape index (κ2) is 5.64. The van der Waals surface area contributed by atoms with Crippen LogP contribution in [0.15, 0.2) is 0 Å². The van der Waals surface area contributed by atoms with Crippen molar-refractivity contribution >= 4 is 5.78 Å². The number of hydrogen-bond acceptors (Lipinski definition) is 2. The summed E-state index contributed by atoms with van der Waals surface area (Å²) in [6.45, 7) is 10.4. The third kappa shape index (κ3) is 6.67. The maximum Gasteiger partial charge on any atom is 0.138 e. The number of carbonyl (C=O) groups is 1. The molecule has 0 aliphatic rings. The number of ketones is 1. The van der Waals surface area contributed by atoms with Crippen molar-refractivity contribution in [2.75, 3.05) is 7.05 Å². The third-order valence-corrected chi connectivity index (χ3v) is 2.97. The molecule has 0 spiro atoms. The van der Waals surface area contributed by atoms with Crippen molar-refractivity contribution in [2.24, 2.45) is 5.41 Å². The molecule has 0 aromatic carbocycles. The van der Waals surface area contributed by atoms with Gasteiger partial charge < -0.3 is 5.32 Å². The summed E-state index contributed by atoms with van der Waals surface area (Å²) in [5.74, 6) is 0.379. The number of Topliss-reactive ketones (excluding diaryl/α,β-unsaturated/α-hetero) is 1. The Kier molecular flexibility index (Phi) is 5.50. The zero-order valence-corrected chi connectivity index (χ0v) is 11.2. The van der Waals surface area contributed by atoms with E-state index in [9.17, 15) is 4.79 Å². The largest absolute Gasteiger partial charge is 0.315 e. The molecule has 90 valence electrons. The highest BCUT2D eigenvalue weighted by Crippen LogP contribution is 2.20. The maximum atomic E-state index is 11.6. The number of rotatable bonds is 6. The highest BCUT2D eigenvalue weighted by molar-refractivity contribution is 5.83. The van der Waals surface area contributed by atoms with Crippen LogP contribution < -0.4 is 5.32 Å². The first-order valence-electron chi connectivity index (χ1n) is 5.91. The van der Waals surface area contributed by atoms with Crippen molar-refractivity contribution in [3.05, 3.63) is 0 Å². The average molecular weight is 213 g/mol. The van der Waals surface area contributed by atoms with Crippen molar-refractivity contribution in [1.29, 1.82) is 0 Å². The highest BCUT2D eigenvalue weighted by atomic mass is 16.1. The summed E-state index contributed by atoms with van der Waals surface area (Å²) in [6, 6.07) is 0. The predicted molar refractivity (Wildman–Crippen MR) is 66.1 cm³/mol. The fourth-order valence-corrected chi connectivity index (χ4v) is 1.35. The molecule has 0 fully saturated rings. The molecule has 0 unspecified atom stereocenters. The number of carbonyl (C=O) groups excluding carboxylic acids is 1. The molecular weight excluding hydrogens is 186 g/mol. The molecule has 1 N–H and O–H groups in total. The standard InChI is InChI=1S/C13H27NO/c1-12(2,3)11(15)9-7-8-10-13(4,5)14-6/h14H,7-10H2,1-6H3. The van der Waals surface area contributed by atoms with Gasteiger partial charge in [-0.1, -0.05) is 27.2 Å². The second-order valence-electron chi connectivity index (χ2n) is 6.01. The van der Waals surface area contributed by atoms with E-state index < -0.39 is 0 Å². The number of unbranched alkanes of at least 4 members (excludes halogenated alkanes) is 1. The fourth-order valence-electron chi connectivity index (χ4n) is 1.35. The molecule has 0 amide bonds. The van der Waals surface area contributed by atoms with E-state index in [0.717, 1.165) is 25.7 Å². The summed E-state index contributed by atoms with van der Waals surface area (Å²) in [5, 5.41) is 3.27. The van der Waals surface area contributed by atoms with Gasteiger partial charge in [0.05, 0.1) is 0 Å². The molecule has 2 nitrogen and oxygen atoms in total. The normalized spacial score (nSPS) is 12.9. The lowest BCUT2D eigenvalue weighted by Gasteiger charge is -2.24. The van der Waals surface area contributed by atoms with Gasteiger partial charge in [0, 0.05) is 17.4 Å². The third-order valence-electron chi connectivity index (χ3n) is 2.97. The van der Waals surface area contributed by atoms with Crippen LogP contribution in [0, 0.1) is 5.41 Å². The van der Waals surface area contributed by atoms with Gasteiger partial charge >= 0.3 is 0 Å². The number of nitrogens with one attached hydrogen (secondary N) is 1. The molecule has 2 heteroatoms. The van der Waals surface area contributed by atoms with E-state index in [0.29, 0.717) is 5.78 Å². The molecule has 0 aromatic heterocycles. The van der Waals surface area contributed by atoms with Crippen molar-refractivity contribution in [2.45, 2.75) is 65.8 Å². The SMILES string of the molecule is CNC(C)(C)CCCCC(=O)C(C)(C)C. The first kappa shape index (κ1) is 14.6. The van der Waals surface area contributed by atoms with Crippen LogP contribution >= 0.6 is 0 Å². The van der Waals surface area contributed by atoms with Gasteiger partial charge in [-0.2, -0.15) is 0 Å². The van der Waals surface area contributed by atoms with Gasteiger partial charge in [-0.3, -0.25) is 4.79 Å². The van der Waals surface area contributed by atoms with E-state index in [1.807, 2.05) is 27.8 Å². The Morgan fingerprint density at radius 3 is 2.00 bits per heavy atom. The predicted octanol–water partition coefficient (Wildman–Crippen LogP) is 3.16. The molecule has 0 atom stereocenters. The van der Waals surface area contributed by atoms with E-state index >= 15 is 0 Å². The Balaban J connectivity index is 3.69. The molecule has 0 radical (unpaired) electrons. The Morgan fingerprint density at radius 1 is 1.07 bits per heavy atom. The summed E-state index contributed by atoms with van der Waals surface area (Å²) in [6.07, 6.45) is 3.99. The molecule has 0 saturated heterocycles. The number of hydrogen-bond donors (Lipinski definition) is 1. The van der Waals surface area contributed by atoms with Crippen LogP contribution in [0.3, 0.4) is 0 Å². The summed E-state index contributed by atoms with van der Waals surface area (Å²) >= 11 is 0. The molecule has 0 bridgehead atoms. The summed E-state index contributed by atoms with van der Waals surface area (Å²) < 4.78 is 0. The molecule has 0 aromatic rings. The monoisotopic (exact) mass is 213 g/mol. The van der Waals surface area contributed by atoms with Crippen molar-refractivity contribution in [3.8, 4) is 0 Å². The van der Waals surface area contributed by atoms with Gasteiger partial charge in [-0.05, 0) is 33.7 Å².